The Labute approximate surface area is 122 Å². The first-order valence-corrected chi connectivity index (χ1v) is 6.04. The molecule has 0 radical (unpaired) electrons. The monoisotopic (exact) mass is 334 g/mol. The molecule has 0 atom stereocenters. The number of halogens is 6. The van der Waals surface area contributed by atoms with Crippen molar-refractivity contribution in [1.29, 1.82) is 0 Å². The van der Waals surface area contributed by atoms with Gasteiger partial charge >= 0.3 is 6.18 Å². The predicted octanol–water partition coefficient (Wildman–Crippen LogP) is 3.74. The molecule has 106 valence electrons. The van der Waals surface area contributed by atoms with Crippen molar-refractivity contribution in [3.05, 3.63) is 27.2 Å². The third-order valence-electron chi connectivity index (χ3n) is 1.94. The lowest BCUT2D eigenvalue weighted by Crippen LogP contribution is -2.37. The smallest absolute Gasteiger partial charge is 0.375 e. The Balaban J connectivity index is 2.53. The summed E-state index contributed by atoms with van der Waals surface area (Å²) in [6.45, 7) is -1.75. The van der Waals surface area contributed by atoms with Gasteiger partial charge < -0.3 is 10.6 Å². The Bertz CT molecular complexity index is 480. The lowest BCUT2D eigenvalue weighted by molar-refractivity contribution is -0.137. The molecule has 0 aliphatic carbocycles. The zero-order valence-corrected chi connectivity index (χ0v) is 11.5. The summed E-state index contributed by atoms with van der Waals surface area (Å²) in [6, 6.07) is 2.74. The van der Waals surface area contributed by atoms with E-state index in [0.717, 1.165) is 0 Å². The van der Waals surface area contributed by atoms with Crippen molar-refractivity contribution >= 4 is 46.4 Å². The number of hydrogen-bond donors (Lipinski definition) is 2. The molecule has 1 rings (SSSR count). The van der Waals surface area contributed by atoms with Gasteiger partial charge in [-0.25, -0.2) is 0 Å². The molecule has 0 saturated heterocycles. The summed E-state index contributed by atoms with van der Waals surface area (Å²) >= 11 is 17.3. The number of rotatable bonds is 4. The van der Waals surface area contributed by atoms with Crippen molar-refractivity contribution < 1.29 is 18.0 Å². The molecule has 0 fully saturated rings. The first kappa shape index (κ1) is 16.2. The molecular weight excluding hydrogens is 327 g/mol. The van der Waals surface area contributed by atoms with E-state index >= 15 is 0 Å². The largest absolute Gasteiger partial charge is 0.405 e. The zero-order chi connectivity index (χ0) is 14.6. The number of carbonyl (C=O) groups is 1. The van der Waals surface area contributed by atoms with Gasteiger partial charge in [-0.15, -0.1) is 0 Å². The summed E-state index contributed by atoms with van der Waals surface area (Å²) in [7, 11) is 0. The number of benzene rings is 1. The normalized spacial score (nSPS) is 11.3. The Morgan fingerprint density at radius 3 is 2.26 bits per heavy atom. The Kier molecular flexibility index (Phi) is 5.58. The van der Waals surface area contributed by atoms with E-state index in [1.807, 2.05) is 0 Å². The van der Waals surface area contributed by atoms with E-state index in [1.165, 1.54) is 12.1 Å². The number of amides is 1. The van der Waals surface area contributed by atoms with E-state index in [1.54, 1.807) is 5.32 Å². The summed E-state index contributed by atoms with van der Waals surface area (Å²) < 4.78 is 35.6. The molecule has 0 saturated carbocycles. The summed E-state index contributed by atoms with van der Waals surface area (Å²) in [5, 5.41) is 4.93. The first-order chi connectivity index (χ1) is 8.69. The predicted molar refractivity (Wildman–Crippen MR) is 69.0 cm³/mol. The minimum Gasteiger partial charge on any atom is -0.375 e. The first-order valence-electron chi connectivity index (χ1n) is 4.91. The molecule has 2 N–H and O–H groups in total. The topological polar surface area (TPSA) is 41.1 Å². The van der Waals surface area contributed by atoms with E-state index in [0.29, 0.717) is 5.69 Å². The van der Waals surface area contributed by atoms with E-state index in [9.17, 15) is 18.0 Å². The van der Waals surface area contributed by atoms with Gasteiger partial charge in [0.2, 0.25) is 5.91 Å². The highest BCUT2D eigenvalue weighted by molar-refractivity contribution is 6.44. The van der Waals surface area contributed by atoms with E-state index in [2.05, 4.69) is 5.32 Å². The molecule has 0 unspecified atom stereocenters. The summed E-state index contributed by atoms with van der Waals surface area (Å²) in [6.07, 6.45) is -4.45. The molecule has 0 bridgehead atoms. The average Bonchev–Trinajstić information content (AvgIpc) is 2.28. The maximum absolute atomic E-state index is 11.9. The number of nitrogens with one attached hydrogen (secondary N) is 2. The van der Waals surface area contributed by atoms with Gasteiger partial charge in [0.05, 0.1) is 27.3 Å². The van der Waals surface area contributed by atoms with Crippen LogP contribution in [0.5, 0.6) is 0 Å². The van der Waals surface area contributed by atoms with Crippen molar-refractivity contribution in [3.8, 4) is 0 Å². The van der Waals surface area contributed by atoms with Gasteiger partial charge in [-0.05, 0) is 12.1 Å². The number of carbonyl (C=O) groups excluding carboxylic acids is 1. The molecule has 0 heterocycles. The number of alkyl halides is 3. The second-order valence-electron chi connectivity index (χ2n) is 3.49. The third kappa shape index (κ3) is 5.76. The zero-order valence-electron chi connectivity index (χ0n) is 9.24. The van der Waals surface area contributed by atoms with Crippen molar-refractivity contribution in [2.45, 2.75) is 6.18 Å². The van der Waals surface area contributed by atoms with Gasteiger partial charge in [0.15, 0.2) is 0 Å². The van der Waals surface area contributed by atoms with E-state index < -0.39 is 18.6 Å². The van der Waals surface area contributed by atoms with E-state index in [-0.39, 0.29) is 21.6 Å². The van der Waals surface area contributed by atoms with Crippen LogP contribution in [0, 0.1) is 0 Å². The van der Waals surface area contributed by atoms with Gasteiger partial charge in [0, 0.05) is 0 Å². The molecule has 3 nitrogen and oxygen atoms in total. The van der Waals surface area contributed by atoms with E-state index in [4.69, 9.17) is 34.8 Å². The van der Waals surface area contributed by atoms with Crippen LogP contribution in [0.2, 0.25) is 15.1 Å². The van der Waals surface area contributed by atoms with Gasteiger partial charge in [-0.2, -0.15) is 13.2 Å². The molecule has 19 heavy (non-hydrogen) atoms. The van der Waals surface area contributed by atoms with Crippen LogP contribution in [0.3, 0.4) is 0 Å². The van der Waals surface area contributed by atoms with Gasteiger partial charge in [-0.1, -0.05) is 34.8 Å². The van der Waals surface area contributed by atoms with Crippen molar-refractivity contribution in [1.82, 2.24) is 5.32 Å². The fourth-order valence-corrected chi connectivity index (χ4v) is 1.71. The molecule has 1 aromatic carbocycles. The average molecular weight is 336 g/mol. The molecule has 0 aromatic heterocycles. The lowest BCUT2D eigenvalue weighted by Gasteiger charge is -2.11. The number of hydrogen-bond acceptors (Lipinski definition) is 2. The second kappa shape index (κ2) is 6.54. The van der Waals surface area contributed by atoms with Gasteiger partial charge in [0.1, 0.15) is 6.54 Å². The van der Waals surface area contributed by atoms with Crippen LogP contribution in [0.1, 0.15) is 0 Å². The van der Waals surface area contributed by atoms with Crippen molar-refractivity contribution in [2.24, 2.45) is 0 Å². The fourth-order valence-electron chi connectivity index (χ4n) is 1.09. The maximum Gasteiger partial charge on any atom is 0.405 e. The molecule has 1 amide bonds. The van der Waals surface area contributed by atoms with Gasteiger partial charge in [0.25, 0.3) is 0 Å². The minimum absolute atomic E-state index is 0.207. The quantitative estimate of drug-likeness (QED) is 0.823. The van der Waals surface area contributed by atoms with Crippen molar-refractivity contribution in [2.75, 3.05) is 18.4 Å². The van der Waals surface area contributed by atoms with Crippen LogP contribution < -0.4 is 10.6 Å². The van der Waals surface area contributed by atoms with Crippen LogP contribution >= 0.6 is 34.8 Å². The molecule has 0 aliphatic rings. The SMILES string of the molecule is O=C(CNc1cc(Cl)c(Cl)cc1Cl)NCC(F)(F)F. The minimum atomic E-state index is -4.45. The standard InChI is InChI=1S/C10H8Cl3F3N2O/c11-5-1-7(13)8(2-6(5)12)17-3-9(19)18-4-10(14,15)16/h1-2,17H,3-4H2,(H,18,19). The van der Waals surface area contributed by atoms with Gasteiger partial charge in [-0.3, -0.25) is 4.79 Å². The highest BCUT2D eigenvalue weighted by atomic mass is 35.5. The molecular formula is C10H8Cl3F3N2O. The van der Waals surface area contributed by atoms with Crippen LogP contribution in [0.15, 0.2) is 12.1 Å². The second-order valence-corrected chi connectivity index (χ2v) is 4.71. The Hall–Kier alpha value is -0.850. The highest BCUT2D eigenvalue weighted by Gasteiger charge is 2.27. The summed E-state index contributed by atoms with van der Waals surface area (Å²) in [5.74, 6) is -0.820. The lowest BCUT2D eigenvalue weighted by atomic mass is 10.3. The molecule has 0 spiro atoms. The van der Waals surface area contributed by atoms with Crippen LogP contribution in [0.25, 0.3) is 0 Å². The molecule has 1 aromatic rings. The van der Waals surface area contributed by atoms with Crippen molar-refractivity contribution in [3.63, 3.8) is 0 Å². The summed E-state index contributed by atoms with van der Waals surface area (Å²) in [4.78, 5) is 11.2. The Morgan fingerprint density at radius 1 is 1.11 bits per heavy atom. The maximum atomic E-state index is 11.9. The number of anilines is 1. The fraction of sp³-hybridized carbons (Fsp3) is 0.300. The third-order valence-corrected chi connectivity index (χ3v) is 2.97. The molecule has 9 heteroatoms. The van der Waals surface area contributed by atoms with Crippen LogP contribution in [-0.2, 0) is 4.79 Å². The molecule has 0 aliphatic heterocycles. The highest BCUT2D eigenvalue weighted by Crippen LogP contribution is 2.31. The van der Waals surface area contributed by atoms with Crippen LogP contribution in [0.4, 0.5) is 18.9 Å². The Morgan fingerprint density at radius 2 is 1.68 bits per heavy atom. The van der Waals surface area contributed by atoms with Crippen LogP contribution in [-0.4, -0.2) is 25.2 Å². The summed E-state index contributed by atoms with van der Waals surface area (Å²) in [5.41, 5.74) is 0.304.